The highest BCUT2D eigenvalue weighted by molar-refractivity contribution is 5.86. The third-order valence-corrected chi connectivity index (χ3v) is 9.17. The van der Waals surface area contributed by atoms with Crippen LogP contribution in [-0.4, -0.2) is 40.9 Å². The summed E-state index contributed by atoms with van der Waals surface area (Å²) in [6.07, 6.45) is 6.87. The van der Waals surface area contributed by atoms with Crippen LogP contribution in [0.4, 0.5) is 4.79 Å². The van der Waals surface area contributed by atoms with Gasteiger partial charge < -0.3 is 20.7 Å². The number of amides is 1. The molecule has 4 fully saturated rings. The van der Waals surface area contributed by atoms with Crippen molar-refractivity contribution in [2.24, 2.45) is 40.2 Å². The van der Waals surface area contributed by atoms with E-state index in [1.165, 1.54) is 0 Å². The Morgan fingerprint density at radius 1 is 1.07 bits per heavy atom. The van der Waals surface area contributed by atoms with E-state index in [1.54, 1.807) is 0 Å². The van der Waals surface area contributed by atoms with Crippen molar-refractivity contribution in [1.82, 2.24) is 0 Å². The van der Waals surface area contributed by atoms with E-state index in [-0.39, 0.29) is 36.2 Å². The summed E-state index contributed by atoms with van der Waals surface area (Å²) in [5.41, 5.74) is 4.52. The molecule has 4 unspecified atom stereocenters. The van der Waals surface area contributed by atoms with E-state index in [1.807, 2.05) is 0 Å². The Labute approximate surface area is 167 Å². The van der Waals surface area contributed by atoms with Gasteiger partial charge in [-0.15, -0.1) is 0 Å². The number of aliphatic hydroxyl groups excluding tert-OH is 2. The van der Waals surface area contributed by atoms with E-state index in [4.69, 9.17) is 10.5 Å². The zero-order valence-electron chi connectivity index (χ0n) is 16.9. The molecule has 0 aromatic carbocycles. The second kappa shape index (κ2) is 7.28. The Kier molecular flexibility index (Phi) is 5.24. The molecule has 6 heteroatoms. The quantitative estimate of drug-likeness (QED) is 0.680. The second-order valence-corrected chi connectivity index (χ2v) is 10.1. The van der Waals surface area contributed by atoms with Crippen molar-refractivity contribution in [1.29, 1.82) is 0 Å². The van der Waals surface area contributed by atoms with Crippen molar-refractivity contribution in [3.05, 3.63) is 0 Å². The molecule has 4 rings (SSSR count). The minimum atomic E-state index is -0.858. The molecule has 158 valence electrons. The number of carbonyl (C=O) groups excluding carboxylic acids is 2. The van der Waals surface area contributed by atoms with E-state index in [0.29, 0.717) is 24.2 Å². The maximum atomic E-state index is 13.2. The van der Waals surface area contributed by atoms with Gasteiger partial charge in [-0.3, -0.25) is 4.79 Å². The second-order valence-electron chi connectivity index (χ2n) is 10.1. The number of aliphatic hydroxyl groups is 2. The topological polar surface area (TPSA) is 110 Å². The van der Waals surface area contributed by atoms with Gasteiger partial charge in [-0.1, -0.05) is 13.3 Å². The standard InChI is InChI=1S/C22H35NO5/c1-21-9-6-14(24)11-13(21)4-5-15-16-3-2-8-22(16,19(26)12-17(15)21)18(25)7-10-28-20(23)27/h13-17,19,24,26H,2-12H2,1H3,(H2,23,27)/t13?,14-,15?,16?,17?,19+,21+,22-/m1/s1. The van der Waals surface area contributed by atoms with Crippen molar-refractivity contribution in [3.63, 3.8) is 0 Å². The average molecular weight is 394 g/mol. The highest BCUT2D eigenvalue weighted by Crippen LogP contribution is 2.66. The van der Waals surface area contributed by atoms with E-state index in [2.05, 4.69) is 6.92 Å². The third kappa shape index (κ3) is 2.98. The Hall–Kier alpha value is -1.14. The fraction of sp³-hybridized carbons (Fsp3) is 0.909. The minimum absolute atomic E-state index is 0.00112. The first kappa shape index (κ1) is 20.1. The third-order valence-electron chi connectivity index (χ3n) is 9.17. The fourth-order valence-electron chi connectivity index (χ4n) is 7.87. The van der Waals surface area contributed by atoms with Crippen LogP contribution in [0.2, 0.25) is 0 Å². The molecule has 28 heavy (non-hydrogen) atoms. The fourth-order valence-corrected chi connectivity index (χ4v) is 7.87. The summed E-state index contributed by atoms with van der Waals surface area (Å²) < 4.78 is 4.80. The maximum absolute atomic E-state index is 13.2. The summed E-state index contributed by atoms with van der Waals surface area (Å²) >= 11 is 0. The Morgan fingerprint density at radius 3 is 2.61 bits per heavy atom. The van der Waals surface area contributed by atoms with E-state index >= 15 is 0 Å². The van der Waals surface area contributed by atoms with Gasteiger partial charge in [0.2, 0.25) is 0 Å². The van der Waals surface area contributed by atoms with Gasteiger partial charge in [-0.05, 0) is 80.5 Å². The van der Waals surface area contributed by atoms with Crippen molar-refractivity contribution >= 4 is 11.9 Å². The molecule has 1 amide bonds. The number of rotatable bonds is 4. The van der Waals surface area contributed by atoms with Crippen LogP contribution in [0.3, 0.4) is 0 Å². The predicted octanol–water partition coefficient (Wildman–Crippen LogP) is 2.79. The van der Waals surface area contributed by atoms with Crippen molar-refractivity contribution in [2.75, 3.05) is 6.61 Å². The number of hydrogen-bond donors (Lipinski definition) is 3. The molecule has 0 aromatic heterocycles. The molecular formula is C22H35NO5. The molecular weight excluding hydrogens is 358 g/mol. The monoisotopic (exact) mass is 393 g/mol. The minimum Gasteiger partial charge on any atom is -0.449 e. The first-order valence-electron chi connectivity index (χ1n) is 11.1. The smallest absolute Gasteiger partial charge is 0.404 e. The summed E-state index contributed by atoms with van der Waals surface area (Å²) in [5.74, 6) is 1.71. The molecule has 0 radical (unpaired) electrons. The van der Waals surface area contributed by atoms with Gasteiger partial charge in [0.25, 0.3) is 0 Å². The lowest BCUT2D eigenvalue weighted by atomic mass is 9.44. The Bertz CT molecular complexity index is 638. The summed E-state index contributed by atoms with van der Waals surface area (Å²) in [6, 6.07) is 0. The zero-order chi connectivity index (χ0) is 20.1. The molecule has 6 nitrogen and oxygen atoms in total. The molecule has 4 saturated carbocycles. The van der Waals surface area contributed by atoms with Crippen LogP contribution < -0.4 is 5.73 Å². The SMILES string of the molecule is C[C@]12CC[C@@H](O)CC1CCC1C2C[C@H](O)[C@]2(C(=O)CCOC(N)=O)CCCC12. The number of ether oxygens (including phenoxy) is 1. The number of nitrogens with two attached hydrogens (primary N) is 1. The van der Waals surface area contributed by atoms with Gasteiger partial charge in [-0.2, -0.15) is 0 Å². The Morgan fingerprint density at radius 2 is 1.86 bits per heavy atom. The Balaban J connectivity index is 1.57. The number of carbonyl (C=O) groups is 2. The molecule has 4 N–H and O–H groups in total. The first-order chi connectivity index (χ1) is 13.3. The van der Waals surface area contributed by atoms with Gasteiger partial charge in [0.15, 0.2) is 0 Å². The average Bonchev–Trinajstić information content (AvgIpc) is 3.09. The first-order valence-corrected chi connectivity index (χ1v) is 11.1. The molecule has 4 aliphatic carbocycles. The van der Waals surface area contributed by atoms with E-state index < -0.39 is 17.6 Å². The predicted molar refractivity (Wildman–Crippen MR) is 103 cm³/mol. The molecule has 0 spiro atoms. The van der Waals surface area contributed by atoms with E-state index in [0.717, 1.165) is 51.4 Å². The largest absolute Gasteiger partial charge is 0.449 e. The van der Waals surface area contributed by atoms with Crippen molar-refractivity contribution < 1.29 is 24.5 Å². The summed E-state index contributed by atoms with van der Waals surface area (Å²) in [6.45, 7) is 2.37. The molecule has 0 aliphatic heterocycles. The van der Waals surface area contributed by atoms with Crippen LogP contribution in [0, 0.1) is 34.5 Å². The molecule has 4 aliphatic rings. The van der Waals surface area contributed by atoms with Gasteiger partial charge in [-0.25, -0.2) is 4.79 Å². The lowest BCUT2D eigenvalue weighted by Gasteiger charge is -2.61. The van der Waals surface area contributed by atoms with Crippen LogP contribution in [0.15, 0.2) is 0 Å². The summed E-state index contributed by atoms with van der Waals surface area (Å²) in [5, 5.41) is 21.5. The van der Waals surface area contributed by atoms with Gasteiger partial charge in [0, 0.05) is 6.42 Å². The van der Waals surface area contributed by atoms with Crippen molar-refractivity contribution in [2.45, 2.75) is 83.3 Å². The summed E-state index contributed by atoms with van der Waals surface area (Å²) in [4.78, 5) is 24.1. The van der Waals surface area contributed by atoms with Crippen molar-refractivity contribution in [3.8, 4) is 0 Å². The molecule has 0 saturated heterocycles. The highest BCUT2D eigenvalue weighted by Gasteiger charge is 2.64. The number of ketones is 1. The van der Waals surface area contributed by atoms with Gasteiger partial charge in [0.1, 0.15) is 12.4 Å². The van der Waals surface area contributed by atoms with Crippen LogP contribution in [0.1, 0.15) is 71.1 Å². The lowest BCUT2D eigenvalue weighted by molar-refractivity contribution is -0.177. The number of primary amides is 1. The van der Waals surface area contributed by atoms with Gasteiger partial charge in [0.05, 0.1) is 17.6 Å². The summed E-state index contributed by atoms with van der Waals surface area (Å²) in [7, 11) is 0. The lowest BCUT2D eigenvalue weighted by Crippen LogP contribution is -2.60. The molecule has 0 heterocycles. The normalized spacial score (nSPS) is 47.5. The zero-order valence-corrected chi connectivity index (χ0v) is 16.9. The number of Topliss-reactive ketones (excluding diaryl/α,β-unsaturated/α-hetero) is 1. The molecule has 0 bridgehead atoms. The molecule has 0 aromatic rings. The number of fused-ring (bicyclic) bond motifs is 5. The number of hydrogen-bond acceptors (Lipinski definition) is 5. The molecule has 8 atom stereocenters. The maximum Gasteiger partial charge on any atom is 0.404 e. The van der Waals surface area contributed by atoms with Crippen LogP contribution in [0.5, 0.6) is 0 Å². The van der Waals surface area contributed by atoms with Crippen LogP contribution in [0.25, 0.3) is 0 Å². The van der Waals surface area contributed by atoms with E-state index in [9.17, 15) is 19.8 Å². The van der Waals surface area contributed by atoms with Crippen LogP contribution in [-0.2, 0) is 9.53 Å². The highest BCUT2D eigenvalue weighted by atomic mass is 16.5. The van der Waals surface area contributed by atoms with Gasteiger partial charge >= 0.3 is 6.09 Å². The van der Waals surface area contributed by atoms with Crippen LogP contribution >= 0.6 is 0 Å².